The van der Waals surface area contributed by atoms with Gasteiger partial charge in [0.2, 0.25) is 5.91 Å². The molecule has 0 bridgehead atoms. The van der Waals surface area contributed by atoms with Gasteiger partial charge in [-0.25, -0.2) is 4.98 Å². The van der Waals surface area contributed by atoms with Gasteiger partial charge in [0.15, 0.2) is 0 Å². The molecule has 1 unspecified atom stereocenters. The molecular weight excluding hydrogens is 326 g/mol. The predicted molar refractivity (Wildman–Crippen MR) is 101 cm³/mol. The van der Waals surface area contributed by atoms with Crippen LogP contribution in [-0.4, -0.2) is 22.6 Å². The maximum Gasteiger partial charge on any atom is 0.221 e. The number of methoxy groups -OCH3 is 1. The number of imidazole rings is 1. The van der Waals surface area contributed by atoms with E-state index in [-0.39, 0.29) is 11.9 Å². The molecule has 3 aromatic rings. The summed E-state index contributed by atoms with van der Waals surface area (Å²) in [5.74, 6) is 1.63. The first-order valence-corrected chi connectivity index (χ1v) is 8.62. The van der Waals surface area contributed by atoms with Gasteiger partial charge < -0.3 is 14.6 Å². The summed E-state index contributed by atoms with van der Waals surface area (Å²) in [4.78, 5) is 17.0. The molecule has 0 fully saturated rings. The highest BCUT2D eigenvalue weighted by Crippen LogP contribution is 2.20. The molecule has 1 aromatic heterocycles. The van der Waals surface area contributed by atoms with E-state index in [0.717, 1.165) is 22.7 Å². The van der Waals surface area contributed by atoms with Crippen LogP contribution in [0, 0.1) is 0 Å². The van der Waals surface area contributed by atoms with Crippen LogP contribution in [0.4, 0.5) is 0 Å². The van der Waals surface area contributed by atoms with E-state index in [9.17, 15) is 4.79 Å². The van der Waals surface area contributed by atoms with Crippen molar-refractivity contribution in [1.82, 2.24) is 14.9 Å². The minimum absolute atomic E-state index is 0.00216. The topological polar surface area (TPSA) is 56.1 Å². The molecule has 5 heteroatoms. The Morgan fingerprint density at radius 2 is 1.88 bits per heavy atom. The third-order valence-corrected chi connectivity index (χ3v) is 4.35. The Bertz CT molecular complexity index is 841. The van der Waals surface area contributed by atoms with Crippen LogP contribution in [0.15, 0.2) is 67.0 Å². The zero-order chi connectivity index (χ0) is 18.4. The second kappa shape index (κ2) is 8.34. The molecule has 0 aliphatic heterocycles. The second-order valence-electron chi connectivity index (χ2n) is 6.16. The van der Waals surface area contributed by atoms with Gasteiger partial charge in [0.25, 0.3) is 0 Å². The highest BCUT2D eigenvalue weighted by atomic mass is 16.5. The fourth-order valence-corrected chi connectivity index (χ4v) is 2.88. The van der Waals surface area contributed by atoms with Gasteiger partial charge in [0, 0.05) is 25.9 Å². The van der Waals surface area contributed by atoms with Gasteiger partial charge in [-0.05, 0) is 29.7 Å². The van der Waals surface area contributed by atoms with Crippen molar-refractivity contribution >= 4 is 5.91 Å². The largest absolute Gasteiger partial charge is 0.497 e. The number of carbonyl (C=O) groups is 1. The summed E-state index contributed by atoms with van der Waals surface area (Å²) >= 11 is 0. The molecule has 0 saturated carbocycles. The van der Waals surface area contributed by atoms with E-state index in [1.807, 2.05) is 72.4 Å². The normalized spacial score (nSPS) is 11.8. The van der Waals surface area contributed by atoms with Crippen molar-refractivity contribution in [3.05, 3.63) is 83.9 Å². The first-order valence-electron chi connectivity index (χ1n) is 8.62. The van der Waals surface area contributed by atoms with Crippen LogP contribution >= 0.6 is 0 Å². The highest BCUT2D eigenvalue weighted by molar-refractivity contribution is 5.77. The number of ether oxygens (including phenoxy) is 1. The Labute approximate surface area is 153 Å². The van der Waals surface area contributed by atoms with Gasteiger partial charge in [-0.2, -0.15) is 0 Å². The molecule has 0 spiro atoms. The molecule has 0 aliphatic carbocycles. The fourth-order valence-electron chi connectivity index (χ4n) is 2.88. The minimum atomic E-state index is -0.264. The van der Waals surface area contributed by atoms with Crippen LogP contribution < -0.4 is 10.1 Å². The number of carbonyl (C=O) groups excluding carboxylic acids is 1. The van der Waals surface area contributed by atoms with E-state index in [1.165, 1.54) is 0 Å². The van der Waals surface area contributed by atoms with Crippen LogP contribution in [0.5, 0.6) is 5.75 Å². The number of hydrogen-bond donors (Lipinski definition) is 1. The van der Waals surface area contributed by atoms with Crippen LogP contribution in [-0.2, 0) is 18.3 Å². The Hall–Kier alpha value is -3.08. The molecule has 5 nitrogen and oxygen atoms in total. The van der Waals surface area contributed by atoms with E-state index in [2.05, 4.69) is 10.3 Å². The van der Waals surface area contributed by atoms with Crippen molar-refractivity contribution in [2.75, 3.05) is 7.11 Å². The number of benzene rings is 2. The van der Waals surface area contributed by atoms with Crippen molar-refractivity contribution in [3.8, 4) is 5.75 Å². The van der Waals surface area contributed by atoms with Crippen molar-refractivity contribution in [3.63, 3.8) is 0 Å². The van der Waals surface area contributed by atoms with E-state index in [0.29, 0.717) is 12.8 Å². The maximum atomic E-state index is 12.6. The van der Waals surface area contributed by atoms with Crippen molar-refractivity contribution < 1.29 is 9.53 Å². The number of nitrogens with one attached hydrogen (secondary N) is 1. The summed E-state index contributed by atoms with van der Waals surface area (Å²) in [6, 6.07) is 17.4. The second-order valence-corrected chi connectivity index (χ2v) is 6.16. The maximum absolute atomic E-state index is 12.6. The number of aryl methyl sites for hydroxylation is 2. The van der Waals surface area contributed by atoms with E-state index in [4.69, 9.17) is 4.74 Å². The lowest BCUT2D eigenvalue weighted by atomic mass is 10.0. The Morgan fingerprint density at radius 1 is 1.15 bits per heavy atom. The molecule has 134 valence electrons. The third-order valence-electron chi connectivity index (χ3n) is 4.35. The van der Waals surface area contributed by atoms with Crippen molar-refractivity contribution in [1.29, 1.82) is 0 Å². The monoisotopic (exact) mass is 349 g/mol. The molecule has 1 N–H and O–H groups in total. The highest BCUT2D eigenvalue weighted by Gasteiger charge is 2.20. The molecule has 1 amide bonds. The smallest absolute Gasteiger partial charge is 0.221 e. The summed E-state index contributed by atoms with van der Waals surface area (Å²) in [6.07, 6.45) is 4.72. The molecule has 2 aromatic carbocycles. The molecule has 1 atom stereocenters. The van der Waals surface area contributed by atoms with E-state index in [1.54, 1.807) is 13.3 Å². The summed E-state index contributed by atoms with van der Waals surface area (Å²) < 4.78 is 7.09. The molecule has 0 radical (unpaired) electrons. The summed E-state index contributed by atoms with van der Waals surface area (Å²) in [7, 11) is 3.57. The van der Waals surface area contributed by atoms with Gasteiger partial charge >= 0.3 is 0 Å². The first kappa shape index (κ1) is 17.7. The zero-order valence-electron chi connectivity index (χ0n) is 15.1. The number of aromatic nitrogens is 2. The van der Waals surface area contributed by atoms with Crippen molar-refractivity contribution in [2.45, 2.75) is 18.9 Å². The number of rotatable bonds is 7. The first-order chi connectivity index (χ1) is 12.7. The SMILES string of the molecule is COc1ccc(CCC(=O)NC(c2ccccc2)c2nccn2C)cc1. The van der Waals surface area contributed by atoms with Crippen molar-refractivity contribution in [2.24, 2.45) is 7.05 Å². The lowest BCUT2D eigenvalue weighted by Gasteiger charge is -2.19. The zero-order valence-corrected chi connectivity index (χ0v) is 15.1. The Morgan fingerprint density at radius 3 is 2.50 bits per heavy atom. The lowest BCUT2D eigenvalue weighted by molar-refractivity contribution is -0.121. The number of nitrogens with zero attached hydrogens (tertiary/aromatic N) is 2. The van der Waals surface area contributed by atoms with Crippen LogP contribution in [0.2, 0.25) is 0 Å². The number of amides is 1. The van der Waals surface area contributed by atoms with Crippen LogP contribution in [0.3, 0.4) is 0 Å². The standard InChI is InChI=1S/C21H23N3O2/c1-24-15-14-22-21(24)20(17-6-4-3-5-7-17)23-19(25)13-10-16-8-11-18(26-2)12-9-16/h3-9,11-12,14-15,20H,10,13H2,1-2H3,(H,23,25). The molecule has 26 heavy (non-hydrogen) atoms. The fraction of sp³-hybridized carbons (Fsp3) is 0.238. The van der Waals surface area contributed by atoms with E-state index < -0.39 is 0 Å². The van der Waals surface area contributed by atoms with Crippen LogP contribution in [0.1, 0.15) is 29.4 Å². The van der Waals surface area contributed by atoms with Gasteiger partial charge in [-0.15, -0.1) is 0 Å². The predicted octanol–water partition coefficient (Wildman–Crippen LogP) is 3.27. The number of hydrogen-bond acceptors (Lipinski definition) is 3. The Balaban J connectivity index is 1.68. The molecule has 0 aliphatic rings. The third kappa shape index (κ3) is 4.30. The van der Waals surface area contributed by atoms with Crippen LogP contribution in [0.25, 0.3) is 0 Å². The lowest BCUT2D eigenvalue weighted by Crippen LogP contribution is -2.31. The summed E-state index contributed by atoms with van der Waals surface area (Å²) in [5, 5.41) is 3.12. The summed E-state index contributed by atoms with van der Waals surface area (Å²) in [6.45, 7) is 0. The van der Waals surface area contributed by atoms with Gasteiger partial charge in [0.1, 0.15) is 17.6 Å². The quantitative estimate of drug-likeness (QED) is 0.712. The average Bonchev–Trinajstić information content (AvgIpc) is 3.11. The molecular formula is C21H23N3O2. The average molecular weight is 349 g/mol. The molecule has 3 rings (SSSR count). The van der Waals surface area contributed by atoms with E-state index >= 15 is 0 Å². The summed E-state index contributed by atoms with van der Waals surface area (Å²) in [5.41, 5.74) is 2.12. The van der Waals surface area contributed by atoms with Gasteiger partial charge in [-0.3, -0.25) is 4.79 Å². The molecule has 0 saturated heterocycles. The van der Waals surface area contributed by atoms with Gasteiger partial charge in [0.05, 0.1) is 7.11 Å². The molecule has 1 heterocycles. The Kier molecular flexibility index (Phi) is 5.69. The van der Waals surface area contributed by atoms with Gasteiger partial charge in [-0.1, -0.05) is 42.5 Å². The minimum Gasteiger partial charge on any atom is -0.497 e.